The molecule has 0 fully saturated rings. The van der Waals surface area contributed by atoms with Crippen molar-refractivity contribution in [1.29, 1.82) is 0 Å². The Bertz CT molecular complexity index is 3250. The van der Waals surface area contributed by atoms with Crippen LogP contribution in [0.25, 0.3) is 96.1 Å². The van der Waals surface area contributed by atoms with Crippen molar-refractivity contribution in [3.8, 4) is 11.4 Å². The molecule has 11 rings (SSSR count). The molecule has 0 aliphatic heterocycles. The molecule has 0 bridgehead atoms. The maximum absolute atomic E-state index is 13.8. The van der Waals surface area contributed by atoms with Gasteiger partial charge in [-0.15, -0.1) is 22.7 Å². The lowest BCUT2D eigenvalue weighted by Crippen LogP contribution is -2.06. The summed E-state index contributed by atoms with van der Waals surface area (Å²) in [6.07, 6.45) is 0. The summed E-state index contributed by atoms with van der Waals surface area (Å²) in [7, 11) is 0. The second-order valence-corrected chi connectivity index (χ2v) is 15.0. The molecule has 7 aromatic carbocycles. The van der Waals surface area contributed by atoms with E-state index in [9.17, 15) is 9.59 Å². The van der Waals surface area contributed by atoms with E-state index in [-0.39, 0.29) is 10.9 Å². The predicted octanol–water partition coefficient (Wildman–Crippen LogP) is 11.6. The Morgan fingerprint density at radius 1 is 0.365 bits per heavy atom. The summed E-state index contributed by atoms with van der Waals surface area (Å²) in [6.45, 7) is 0. The average molecular weight is 709 g/mol. The van der Waals surface area contributed by atoms with Crippen LogP contribution in [0, 0.1) is 0 Å². The highest BCUT2D eigenvalue weighted by atomic mass is 32.1. The van der Waals surface area contributed by atoms with Gasteiger partial charge >= 0.3 is 0 Å². The van der Waals surface area contributed by atoms with E-state index in [1.165, 1.54) is 0 Å². The second kappa shape index (κ2) is 11.0. The molecule has 4 heterocycles. The Morgan fingerprint density at radius 2 is 0.769 bits per heavy atom. The molecule has 0 aliphatic rings. The lowest BCUT2D eigenvalue weighted by atomic mass is 10.1. The van der Waals surface area contributed by atoms with Crippen LogP contribution < -0.4 is 10.9 Å². The van der Waals surface area contributed by atoms with Crippen molar-refractivity contribution in [1.82, 2.24) is 9.13 Å². The fraction of sp³-hybridized carbons (Fsp3) is 0. The average Bonchev–Trinajstić information content (AvgIpc) is 3.18. The van der Waals surface area contributed by atoms with E-state index >= 15 is 0 Å². The van der Waals surface area contributed by atoms with Crippen LogP contribution in [0.15, 0.2) is 164 Å². The summed E-state index contributed by atoms with van der Waals surface area (Å²) < 4.78 is 21.3. The van der Waals surface area contributed by atoms with Crippen molar-refractivity contribution in [2.75, 3.05) is 0 Å². The molecule has 0 spiro atoms. The Morgan fingerprint density at radius 3 is 1.25 bits per heavy atom. The monoisotopic (exact) mass is 708 g/mol. The molecule has 0 saturated heterocycles. The van der Waals surface area contributed by atoms with E-state index in [2.05, 4.69) is 21.3 Å². The first-order chi connectivity index (χ1) is 25.6. The lowest BCUT2D eigenvalue weighted by Gasteiger charge is -2.19. The minimum atomic E-state index is 0.0133. The van der Waals surface area contributed by atoms with Gasteiger partial charge in [0.05, 0.1) is 22.1 Å². The van der Waals surface area contributed by atoms with E-state index < -0.39 is 0 Å². The summed E-state index contributed by atoms with van der Waals surface area (Å²) in [5, 5.41) is 2.77. The summed E-state index contributed by atoms with van der Waals surface area (Å²) in [5.74, 6) is 0. The van der Waals surface area contributed by atoms with Crippen LogP contribution in [0.1, 0.15) is 0 Å². The summed E-state index contributed by atoms with van der Waals surface area (Å²) >= 11 is 3.23. The van der Waals surface area contributed by atoms with Gasteiger partial charge in [0.25, 0.3) is 0 Å². The van der Waals surface area contributed by atoms with Crippen LogP contribution >= 0.6 is 22.7 Å². The van der Waals surface area contributed by atoms with Gasteiger partial charge in [0.1, 0.15) is 0 Å². The van der Waals surface area contributed by atoms with Crippen molar-refractivity contribution < 1.29 is 8.83 Å². The normalized spacial score (nSPS) is 12.0. The number of nitrogens with zero attached hydrogens (tertiary/aromatic N) is 2. The van der Waals surface area contributed by atoms with E-state index in [0.29, 0.717) is 43.9 Å². The quantitative estimate of drug-likeness (QED) is 0.168. The zero-order valence-corrected chi connectivity index (χ0v) is 28.8. The maximum atomic E-state index is 13.8. The highest BCUT2D eigenvalue weighted by Gasteiger charge is 2.18. The zero-order chi connectivity index (χ0) is 34.5. The molecule has 0 radical (unpaired) electrons. The van der Waals surface area contributed by atoms with Gasteiger partial charge < -0.3 is 18.0 Å². The number of aromatic nitrogens is 2. The molecule has 0 saturated carbocycles. The summed E-state index contributed by atoms with van der Waals surface area (Å²) in [5.41, 5.74) is 7.61. The summed E-state index contributed by atoms with van der Waals surface area (Å²) in [6, 6.07) is 47.5. The highest BCUT2D eigenvalue weighted by Crippen LogP contribution is 2.36. The Balaban J connectivity index is 1.23. The molecule has 0 N–H and O–H groups in total. The first kappa shape index (κ1) is 29.3. The molecule has 0 aliphatic carbocycles. The van der Waals surface area contributed by atoms with Crippen LogP contribution in [0.5, 0.6) is 0 Å². The standard InChI is InChI=1S/C44H24N2O4S2/c47-43-27-9-1-7-15-39(27)51-41-19-17-25(21-29(41)43)45-31-11-3-5-13-35(31)49-37-24-34-38(23-33(37)45)50-36-14-6-4-12-32(36)46(34)26-18-20-42-30(22-26)44(48)28-10-2-8-16-40(28)52-42/h1-24H. The molecule has 0 unspecified atom stereocenters. The van der Waals surface area contributed by atoms with Crippen LogP contribution in [0.3, 0.4) is 0 Å². The number of fused-ring (bicyclic) bond motifs is 8. The Hall–Kier alpha value is -6.48. The van der Waals surface area contributed by atoms with Crippen molar-refractivity contribution in [2.24, 2.45) is 0 Å². The Labute approximate surface area is 301 Å². The van der Waals surface area contributed by atoms with Crippen LogP contribution in [-0.2, 0) is 0 Å². The molecule has 52 heavy (non-hydrogen) atoms. The fourth-order valence-electron chi connectivity index (χ4n) is 7.42. The number of hydrogen-bond acceptors (Lipinski definition) is 6. The van der Waals surface area contributed by atoms with Gasteiger partial charge in [0.2, 0.25) is 0 Å². The molecule has 0 atom stereocenters. The van der Waals surface area contributed by atoms with Crippen molar-refractivity contribution in [3.63, 3.8) is 0 Å². The van der Waals surface area contributed by atoms with Crippen molar-refractivity contribution in [3.05, 3.63) is 166 Å². The lowest BCUT2D eigenvalue weighted by molar-refractivity contribution is 0.644. The largest absolute Gasteiger partial charge is 0.453 e. The fourth-order valence-corrected chi connectivity index (χ4v) is 9.53. The minimum Gasteiger partial charge on any atom is -0.453 e. The molecule has 8 heteroatoms. The molecule has 6 nitrogen and oxygen atoms in total. The van der Waals surface area contributed by atoms with E-state index in [1.807, 2.05) is 133 Å². The molecule has 0 amide bonds. The summed E-state index contributed by atoms with van der Waals surface area (Å²) in [4.78, 5) is 27.6. The van der Waals surface area contributed by atoms with Crippen LogP contribution in [0.2, 0.25) is 0 Å². The van der Waals surface area contributed by atoms with Crippen LogP contribution in [-0.4, -0.2) is 9.13 Å². The SMILES string of the molecule is O=c1c2ccccc2sc2ccc(-n3c4ccccc4oc4cc5c(cc43)oc3ccccc3n5-c3ccc4sc5ccccc5c(=O)c4c3)cc12. The third-order valence-corrected chi connectivity index (χ3v) is 12.1. The second-order valence-electron chi connectivity index (χ2n) is 12.8. The number of hydrogen-bond donors (Lipinski definition) is 0. The number of benzene rings is 7. The molecule has 246 valence electrons. The smallest absolute Gasteiger partial charge is 0.195 e. The van der Waals surface area contributed by atoms with Crippen molar-refractivity contribution in [2.45, 2.75) is 0 Å². The van der Waals surface area contributed by atoms with Gasteiger partial charge in [0.15, 0.2) is 33.2 Å². The first-order valence-electron chi connectivity index (χ1n) is 16.8. The van der Waals surface area contributed by atoms with Gasteiger partial charge in [-0.1, -0.05) is 48.5 Å². The number of para-hydroxylation sites is 4. The molecule has 11 aromatic rings. The topological polar surface area (TPSA) is 70.3 Å². The first-order valence-corrected chi connectivity index (χ1v) is 18.5. The molecular formula is C44H24N2O4S2. The van der Waals surface area contributed by atoms with Gasteiger partial charge in [-0.05, 0) is 84.9 Å². The van der Waals surface area contributed by atoms with Gasteiger partial charge in [0, 0.05) is 63.9 Å². The van der Waals surface area contributed by atoms with Gasteiger partial charge in [-0.25, -0.2) is 0 Å². The zero-order valence-electron chi connectivity index (χ0n) is 27.2. The van der Waals surface area contributed by atoms with E-state index in [4.69, 9.17) is 8.83 Å². The van der Waals surface area contributed by atoms with Gasteiger partial charge in [-0.2, -0.15) is 0 Å². The molecule has 4 aromatic heterocycles. The van der Waals surface area contributed by atoms with E-state index in [0.717, 1.165) is 52.2 Å². The van der Waals surface area contributed by atoms with Crippen LogP contribution in [0.4, 0.5) is 0 Å². The minimum absolute atomic E-state index is 0.0133. The Kier molecular flexibility index (Phi) is 6.20. The number of rotatable bonds is 2. The van der Waals surface area contributed by atoms with Crippen molar-refractivity contribution >= 4 is 107 Å². The third kappa shape index (κ3) is 4.28. The highest BCUT2D eigenvalue weighted by molar-refractivity contribution is 7.25. The maximum Gasteiger partial charge on any atom is 0.195 e. The third-order valence-electron chi connectivity index (χ3n) is 9.81. The van der Waals surface area contributed by atoms with Gasteiger partial charge in [-0.3, -0.25) is 9.59 Å². The molecular weight excluding hydrogens is 685 g/mol. The van der Waals surface area contributed by atoms with E-state index in [1.54, 1.807) is 22.7 Å². The predicted molar refractivity (Wildman–Crippen MR) is 216 cm³/mol.